The van der Waals surface area contributed by atoms with Gasteiger partial charge in [-0.1, -0.05) is 42.1 Å². The molecule has 10 heteroatoms. The number of methoxy groups -OCH3 is 1. The quantitative estimate of drug-likeness (QED) is 0.351. The first-order chi connectivity index (χ1) is 14.2. The first-order valence-corrected chi connectivity index (χ1v) is 10.3. The Kier molecular flexibility index (Phi) is 9.85. The van der Waals surface area contributed by atoms with E-state index in [4.69, 9.17) is 9.47 Å². The molecule has 0 unspecified atom stereocenters. The zero-order valence-electron chi connectivity index (χ0n) is 16.9. The van der Waals surface area contributed by atoms with Crippen LogP contribution in [0.2, 0.25) is 0 Å². The second kappa shape index (κ2) is 12.4. The van der Waals surface area contributed by atoms with E-state index in [0.29, 0.717) is 23.6 Å². The predicted molar refractivity (Wildman–Crippen MR) is 117 cm³/mol. The summed E-state index contributed by atoms with van der Waals surface area (Å²) in [6, 6.07) is 12.3. The molecule has 0 aliphatic rings. The SMILES string of the molecule is COc1cccc(CNCCCSc2nnnn2C)c1OCc1ccccc1F.Cl. The molecule has 3 rings (SSSR count). The standard InChI is InChI=1S/C20H24FN5O2S.ClH/c1-26-20(23-24-25-26)29-12-6-11-22-13-15-8-5-10-18(27-2)19(15)28-14-16-7-3-4-9-17(16)21;/h3-5,7-10,22H,6,11-14H2,1-2H3;1H. The molecule has 2 aromatic carbocycles. The van der Waals surface area contributed by atoms with Gasteiger partial charge in [0.15, 0.2) is 11.5 Å². The van der Waals surface area contributed by atoms with Crippen LogP contribution in [0.4, 0.5) is 4.39 Å². The van der Waals surface area contributed by atoms with E-state index in [0.717, 1.165) is 29.4 Å². The number of nitrogens with one attached hydrogen (secondary N) is 1. The number of para-hydroxylation sites is 1. The van der Waals surface area contributed by atoms with Gasteiger partial charge in [-0.3, -0.25) is 0 Å². The van der Waals surface area contributed by atoms with Crippen molar-refractivity contribution in [1.82, 2.24) is 25.5 Å². The molecule has 3 aromatic rings. The van der Waals surface area contributed by atoms with Gasteiger partial charge in [0, 0.05) is 30.5 Å². The first kappa shape index (κ1) is 23.9. The molecule has 1 N–H and O–H groups in total. The van der Waals surface area contributed by atoms with E-state index in [9.17, 15) is 4.39 Å². The van der Waals surface area contributed by atoms with Gasteiger partial charge in [0.2, 0.25) is 5.16 Å². The van der Waals surface area contributed by atoms with Crippen LogP contribution >= 0.6 is 24.2 Å². The van der Waals surface area contributed by atoms with Crippen LogP contribution in [0.5, 0.6) is 11.5 Å². The lowest BCUT2D eigenvalue weighted by Gasteiger charge is -2.16. The lowest BCUT2D eigenvalue weighted by molar-refractivity contribution is 0.276. The summed E-state index contributed by atoms with van der Waals surface area (Å²) in [5.41, 5.74) is 1.47. The van der Waals surface area contributed by atoms with Gasteiger partial charge in [-0.2, -0.15) is 0 Å². The third-order valence-corrected chi connectivity index (χ3v) is 5.33. The zero-order chi connectivity index (χ0) is 20.5. The Balaban J connectivity index is 0.00000320. The largest absolute Gasteiger partial charge is 0.493 e. The van der Waals surface area contributed by atoms with E-state index in [2.05, 4.69) is 20.8 Å². The van der Waals surface area contributed by atoms with Crippen molar-refractivity contribution >= 4 is 24.2 Å². The molecule has 7 nitrogen and oxygen atoms in total. The van der Waals surface area contributed by atoms with E-state index in [-0.39, 0.29) is 24.8 Å². The van der Waals surface area contributed by atoms with Crippen LogP contribution in [0.1, 0.15) is 17.5 Å². The summed E-state index contributed by atoms with van der Waals surface area (Å²) in [5, 5.41) is 15.6. The molecule has 0 aliphatic heterocycles. The Labute approximate surface area is 185 Å². The van der Waals surface area contributed by atoms with Crippen LogP contribution in [-0.4, -0.2) is 39.6 Å². The Morgan fingerprint density at radius 1 is 1.13 bits per heavy atom. The highest BCUT2D eigenvalue weighted by atomic mass is 35.5. The van der Waals surface area contributed by atoms with Crippen LogP contribution in [-0.2, 0) is 20.2 Å². The van der Waals surface area contributed by atoms with Crippen molar-refractivity contribution in [2.75, 3.05) is 19.4 Å². The lowest BCUT2D eigenvalue weighted by Crippen LogP contribution is -2.16. The Morgan fingerprint density at radius 2 is 1.93 bits per heavy atom. The number of nitrogens with zero attached hydrogens (tertiary/aromatic N) is 4. The van der Waals surface area contributed by atoms with E-state index < -0.39 is 0 Å². The van der Waals surface area contributed by atoms with Gasteiger partial charge in [0.25, 0.3) is 0 Å². The summed E-state index contributed by atoms with van der Waals surface area (Å²) in [4.78, 5) is 0. The summed E-state index contributed by atoms with van der Waals surface area (Å²) in [6.07, 6.45) is 0.965. The minimum absolute atomic E-state index is 0. The van der Waals surface area contributed by atoms with Crippen LogP contribution < -0.4 is 14.8 Å². The minimum atomic E-state index is -0.280. The maximum atomic E-state index is 13.9. The van der Waals surface area contributed by atoms with Crippen LogP contribution in [0, 0.1) is 5.82 Å². The molecule has 0 aliphatic carbocycles. The molecule has 1 aromatic heterocycles. The first-order valence-electron chi connectivity index (χ1n) is 9.27. The average Bonchev–Trinajstić information content (AvgIpc) is 3.15. The molecule has 0 saturated carbocycles. The van der Waals surface area contributed by atoms with Crippen LogP contribution in [0.15, 0.2) is 47.6 Å². The molecular formula is C20H25ClFN5O2S. The molecule has 0 bridgehead atoms. The summed E-state index contributed by atoms with van der Waals surface area (Å²) in [7, 11) is 3.42. The number of halogens is 2. The maximum Gasteiger partial charge on any atom is 0.209 e. The van der Waals surface area contributed by atoms with Crippen molar-refractivity contribution in [3.8, 4) is 11.5 Å². The number of benzene rings is 2. The molecule has 1 heterocycles. The molecule has 0 spiro atoms. The van der Waals surface area contributed by atoms with Crippen molar-refractivity contribution in [2.45, 2.75) is 24.7 Å². The predicted octanol–water partition coefficient (Wildman–Crippen LogP) is 3.63. The smallest absolute Gasteiger partial charge is 0.209 e. The van der Waals surface area contributed by atoms with Gasteiger partial charge in [-0.25, -0.2) is 9.07 Å². The Hall–Kier alpha value is -2.36. The van der Waals surface area contributed by atoms with Gasteiger partial charge >= 0.3 is 0 Å². The minimum Gasteiger partial charge on any atom is -0.493 e. The normalized spacial score (nSPS) is 10.5. The fraction of sp³-hybridized carbons (Fsp3) is 0.350. The Bertz CT molecular complexity index is 928. The number of hydrogen-bond donors (Lipinski definition) is 1. The van der Waals surface area contributed by atoms with Crippen molar-refractivity contribution in [1.29, 1.82) is 0 Å². The second-order valence-corrected chi connectivity index (χ2v) is 7.35. The molecule has 162 valence electrons. The fourth-order valence-corrected chi connectivity index (χ4v) is 3.51. The highest BCUT2D eigenvalue weighted by molar-refractivity contribution is 7.99. The lowest BCUT2D eigenvalue weighted by atomic mass is 10.1. The maximum absolute atomic E-state index is 13.9. The molecule has 0 saturated heterocycles. The highest BCUT2D eigenvalue weighted by Crippen LogP contribution is 2.32. The summed E-state index contributed by atoms with van der Waals surface area (Å²) in [5.74, 6) is 1.89. The molecule has 0 radical (unpaired) electrons. The van der Waals surface area contributed by atoms with Crippen molar-refractivity contribution in [3.05, 3.63) is 59.4 Å². The van der Waals surface area contributed by atoms with Crippen LogP contribution in [0.3, 0.4) is 0 Å². The average molecular weight is 454 g/mol. The Morgan fingerprint density at radius 3 is 2.67 bits per heavy atom. The number of hydrogen-bond acceptors (Lipinski definition) is 7. The number of rotatable bonds is 11. The van der Waals surface area contributed by atoms with Gasteiger partial charge < -0.3 is 14.8 Å². The van der Waals surface area contributed by atoms with E-state index in [1.54, 1.807) is 41.8 Å². The molecule has 0 amide bonds. The third-order valence-electron chi connectivity index (χ3n) is 4.24. The van der Waals surface area contributed by atoms with Gasteiger partial charge in [-0.05, 0) is 35.5 Å². The van der Waals surface area contributed by atoms with Crippen molar-refractivity contribution in [3.63, 3.8) is 0 Å². The molecule has 30 heavy (non-hydrogen) atoms. The molecular weight excluding hydrogens is 429 g/mol. The molecule has 0 atom stereocenters. The van der Waals surface area contributed by atoms with E-state index in [1.165, 1.54) is 6.07 Å². The number of aryl methyl sites for hydroxylation is 1. The summed E-state index contributed by atoms with van der Waals surface area (Å²) >= 11 is 1.62. The van der Waals surface area contributed by atoms with Crippen molar-refractivity contribution < 1.29 is 13.9 Å². The topological polar surface area (TPSA) is 74.1 Å². The third kappa shape index (κ3) is 6.58. The summed E-state index contributed by atoms with van der Waals surface area (Å²) in [6.45, 7) is 1.60. The number of thioether (sulfide) groups is 1. The monoisotopic (exact) mass is 453 g/mol. The van der Waals surface area contributed by atoms with E-state index >= 15 is 0 Å². The van der Waals surface area contributed by atoms with Gasteiger partial charge in [-0.15, -0.1) is 17.5 Å². The summed E-state index contributed by atoms with van der Waals surface area (Å²) < 4.78 is 26.9. The zero-order valence-corrected chi connectivity index (χ0v) is 18.5. The second-order valence-electron chi connectivity index (χ2n) is 6.29. The van der Waals surface area contributed by atoms with Crippen LogP contribution in [0.25, 0.3) is 0 Å². The number of tetrazole rings is 1. The highest BCUT2D eigenvalue weighted by Gasteiger charge is 2.12. The number of ether oxygens (including phenoxy) is 2. The van der Waals surface area contributed by atoms with Gasteiger partial charge in [0.1, 0.15) is 12.4 Å². The van der Waals surface area contributed by atoms with Gasteiger partial charge in [0.05, 0.1) is 7.11 Å². The van der Waals surface area contributed by atoms with Crippen molar-refractivity contribution in [2.24, 2.45) is 7.05 Å². The number of aromatic nitrogens is 4. The molecule has 0 fully saturated rings. The fourth-order valence-electron chi connectivity index (χ4n) is 2.72. The van der Waals surface area contributed by atoms with E-state index in [1.807, 2.05) is 25.2 Å².